The average molecular weight is 285 g/mol. The Morgan fingerprint density at radius 3 is 2.25 bits per heavy atom. The van der Waals surface area contributed by atoms with Crippen molar-refractivity contribution in [3.63, 3.8) is 0 Å². The summed E-state index contributed by atoms with van der Waals surface area (Å²) >= 11 is 5.89. The van der Waals surface area contributed by atoms with Crippen molar-refractivity contribution in [2.75, 3.05) is 7.11 Å². The van der Waals surface area contributed by atoms with Crippen molar-refractivity contribution in [1.82, 2.24) is 9.97 Å². The second-order valence-electron chi connectivity index (χ2n) is 4.38. The van der Waals surface area contributed by atoms with Gasteiger partial charge in [0, 0.05) is 10.6 Å². The van der Waals surface area contributed by atoms with Crippen LogP contribution in [0.15, 0.2) is 54.7 Å². The van der Waals surface area contributed by atoms with E-state index in [1.165, 1.54) is 0 Å². The molecule has 3 aromatic rings. The molecule has 1 heterocycles. The fourth-order valence-electron chi connectivity index (χ4n) is 1.99. The third kappa shape index (κ3) is 2.53. The zero-order valence-corrected chi connectivity index (χ0v) is 11.7. The number of rotatable bonds is 3. The van der Waals surface area contributed by atoms with Crippen LogP contribution in [-0.2, 0) is 0 Å². The molecule has 0 aliphatic carbocycles. The van der Waals surface area contributed by atoms with E-state index in [9.17, 15) is 0 Å². The van der Waals surface area contributed by atoms with E-state index in [0.29, 0.717) is 0 Å². The molecule has 1 aromatic heterocycles. The first-order valence-corrected chi connectivity index (χ1v) is 6.59. The summed E-state index contributed by atoms with van der Waals surface area (Å²) in [6.45, 7) is 0. The van der Waals surface area contributed by atoms with Crippen LogP contribution in [0.25, 0.3) is 22.6 Å². The Balaban J connectivity index is 1.91. The first-order valence-electron chi connectivity index (χ1n) is 6.21. The molecule has 0 bridgehead atoms. The van der Waals surface area contributed by atoms with E-state index in [4.69, 9.17) is 16.3 Å². The molecule has 0 radical (unpaired) electrons. The molecule has 3 rings (SSSR count). The maximum atomic E-state index is 5.89. The van der Waals surface area contributed by atoms with Crippen molar-refractivity contribution in [3.05, 3.63) is 59.8 Å². The molecule has 0 saturated carbocycles. The first-order chi connectivity index (χ1) is 9.76. The molecule has 100 valence electrons. The number of methoxy groups -OCH3 is 1. The van der Waals surface area contributed by atoms with Gasteiger partial charge in [-0.25, -0.2) is 4.98 Å². The molecule has 0 saturated heterocycles. The number of hydrogen-bond acceptors (Lipinski definition) is 2. The lowest BCUT2D eigenvalue weighted by atomic mass is 10.1. The van der Waals surface area contributed by atoms with E-state index >= 15 is 0 Å². The van der Waals surface area contributed by atoms with Gasteiger partial charge in [-0.2, -0.15) is 0 Å². The number of nitrogens with zero attached hydrogens (tertiary/aromatic N) is 1. The standard InChI is InChI=1S/C16H13ClN2O/c1-20-14-8-4-11(5-9-14)15-10-18-16(19-15)12-2-6-13(17)7-3-12/h2-10H,1H3,(H,18,19). The molecule has 1 N–H and O–H groups in total. The quantitative estimate of drug-likeness (QED) is 0.774. The van der Waals surface area contributed by atoms with Crippen LogP contribution in [0, 0.1) is 0 Å². The second kappa shape index (κ2) is 5.39. The third-order valence-corrected chi connectivity index (χ3v) is 3.35. The molecule has 3 nitrogen and oxygen atoms in total. The summed E-state index contributed by atoms with van der Waals surface area (Å²) in [7, 11) is 1.66. The van der Waals surface area contributed by atoms with Gasteiger partial charge in [0.1, 0.15) is 11.6 Å². The van der Waals surface area contributed by atoms with E-state index in [2.05, 4.69) is 9.97 Å². The Hall–Kier alpha value is -2.26. The lowest BCUT2D eigenvalue weighted by Gasteiger charge is -2.01. The van der Waals surface area contributed by atoms with Crippen LogP contribution in [0.3, 0.4) is 0 Å². The van der Waals surface area contributed by atoms with Crippen molar-refractivity contribution < 1.29 is 4.74 Å². The van der Waals surface area contributed by atoms with Crippen LogP contribution in [0.5, 0.6) is 5.75 Å². The van der Waals surface area contributed by atoms with Crippen LogP contribution < -0.4 is 4.74 Å². The zero-order chi connectivity index (χ0) is 13.9. The summed E-state index contributed by atoms with van der Waals surface area (Å²) in [5, 5.41) is 0.718. The predicted molar refractivity (Wildman–Crippen MR) is 81.0 cm³/mol. The normalized spacial score (nSPS) is 10.5. The largest absolute Gasteiger partial charge is 0.497 e. The molecule has 0 aliphatic rings. The van der Waals surface area contributed by atoms with E-state index in [1.807, 2.05) is 54.7 Å². The van der Waals surface area contributed by atoms with Gasteiger partial charge in [-0.15, -0.1) is 0 Å². The minimum Gasteiger partial charge on any atom is -0.497 e. The van der Waals surface area contributed by atoms with Gasteiger partial charge in [0.05, 0.1) is 19.0 Å². The Morgan fingerprint density at radius 1 is 0.950 bits per heavy atom. The number of H-pyrrole nitrogens is 1. The Kier molecular flexibility index (Phi) is 3.44. The van der Waals surface area contributed by atoms with Crippen molar-refractivity contribution in [3.8, 4) is 28.4 Å². The van der Waals surface area contributed by atoms with Crippen LogP contribution in [-0.4, -0.2) is 17.1 Å². The van der Waals surface area contributed by atoms with Gasteiger partial charge in [0.25, 0.3) is 0 Å². The Morgan fingerprint density at radius 2 is 1.60 bits per heavy atom. The number of hydrogen-bond donors (Lipinski definition) is 1. The summed E-state index contributed by atoms with van der Waals surface area (Å²) in [5.41, 5.74) is 3.05. The molecule has 0 spiro atoms. The monoisotopic (exact) mass is 284 g/mol. The summed E-state index contributed by atoms with van der Waals surface area (Å²) < 4.78 is 5.15. The summed E-state index contributed by atoms with van der Waals surface area (Å²) in [6.07, 6.45) is 1.83. The van der Waals surface area contributed by atoms with Gasteiger partial charge in [0.15, 0.2) is 0 Å². The van der Waals surface area contributed by atoms with E-state index < -0.39 is 0 Å². The molecule has 0 fully saturated rings. The molecule has 0 amide bonds. The zero-order valence-electron chi connectivity index (χ0n) is 10.9. The molecule has 4 heteroatoms. The molecule has 0 aliphatic heterocycles. The van der Waals surface area contributed by atoms with Crippen LogP contribution in [0.1, 0.15) is 0 Å². The molecular weight excluding hydrogens is 272 g/mol. The Bertz CT molecular complexity index is 702. The van der Waals surface area contributed by atoms with Gasteiger partial charge in [0.2, 0.25) is 0 Å². The summed E-state index contributed by atoms with van der Waals surface area (Å²) in [6, 6.07) is 15.4. The lowest BCUT2D eigenvalue weighted by molar-refractivity contribution is 0.415. The second-order valence-corrected chi connectivity index (χ2v) is 4.82. The average Bonchev–Trinajstić information content (AvgIpc) is 2.98. The van der Waals surface area contributed by atoms with Crippen LogP contribution in [0.4, 0.5) is 0 Å². The highest BCUT2D eigenvalue weighted by Gasteiger charge is 2.05. The number of benzene rings is 2. The minimum absolute atomic E-state index is 0.718. The van der Waals surface area contributed by atoms with E-state index in [-0.39, 0.29) is 0 Å². The SMILES string of the molecule is COc1ccc(-c2cnc(-c3ccc(Cl)cc3)[nH]2)cc1. The number of nitrogens with one attached hydrogen (secondary N) is 1. The Labute approximate surface area is 122 Å². The van der Waals surface area contributed by atoms with Gasteiger partial charge in [-0.05, 0) is 54.1 Å². The molecule has 0 unspecified atom stereocenters. The van der Waals surface area contributed by atoms with Gasteiger partial charge >= 0.3 is 0 Å². The van der Waals surface area contributed by atoms with E-state index in [0.717, 1.165) is 33.4 Å². The fraction of sp³-hybridized carbons (Fsp3) is 0.0625. The highest BCUT2D eigenvalue weighted by atomic mass is 35.5. The first kappa shape index (κ1) is 12.8. The van der Waals surface area contributed by atoms with Crippen molar-refractivity contribution >= 4 is 11.6 Å². The van der Waals surface area contributed by atoms with Gasteiger partial charge < -0.3 is 9.72 Å². The highest BCUT2D eigenvalue weighted by Crippen LogP contribution is 2.24. The number of aromatic nitrogens is 2. The fourth-order valence-corrected chi connectivity index (χ4v) is 2.12. The topological polar surface area (TPSA) is 37.9 Å². The van der Waals surface area contributed by atoms with Crippen molar-refractivity contribution in [2.45, 2.75) is 0 Å². The molecule has 0 atom stereocenters. The van der Waals surface area contributed by atoms with Gasteiger partial charge in [-0.3, -0.25) is 0 Å². The number of ether oxygens (including phenoxy) is 1. The number of aromatic amines is 1. The van der Waals surface area contributed by atoms with E-state index in [1.54, 1.807) is 7.11 Å². The lowest BCUT2D eigenvalue weighted by Crippen LogP contribution is -1.83. The van der Waals surface area contributed by atoms with Crippen molar-refractivity contribution in [2.24, 2.45) is 0 Å². The maximum Gasteiger partial charge on any atom is 0.137 e. The third-order valence-electron chi connectivity index (χ3n) is 3.09. The number of imidazole rings is 1. The summed E-state index contributed by atoms with van der Waals surface area (Å²) in [4.78, 5) is 7.71. The minimum atomic E-state index is 0.718. The van der Waals surface area contributed by atoms with Crippen LogP contribution in [0.2, 0.25) is 5.02 Å². The maximum absolute atomic E-state index is 5.89. The smallest absolute Gasteiger partial charge is 0.137 e. The molecule has 20 heavy (non-hydrogen) atoms. The predicted octanol–water partition coefficient (Wildman–Crippen LogP) is 4.41. The molecular formula is C16H13ClN2O. The van der Waals surface area contributed by atoms with Gasteiger partial charge in [-0.1, -0.05) is 11.6 Å². The number of halogens is 1. The van der Waals surface area contributed by atoms with Crippen molar-refractivity contribution in [1.29, 1.82) is 0 Å². The highest BCUT2D eigenvalue weighted by molar-refractivity contribution is 6.30. The summed E-state index contributed by atoms with van der Waals surface area (Å²) in [5.74, 6) is 1.67. The van der Waals surface area contributed by atoms with Crippen LogP contribution >= 0.6 is 11.6 Å². The molecule has 2 aromatic carbocycles.